The van der Waals surface area contributed by atoms with Crippen molar-refractivity contribution < 1.29 is 10.2 Å². The monoisotopic (exact) mass is 302 g/mol. The quantitative estimate of drug-likeness (QED) is 0.801. The number of aliphatic hydroxyl groups is 1. The first-order chi connectivity index (χ1) is 10.2. The lowest BCUT2D eigenvalue weighted by Crippen LogP contribution is -2.53. The summed E-state index contributed by atoms with van der Waals surface area (Å²) in [6.45, 7) is 11.0. The van der Waals surface area contributed by atoms with Gasteiger partial charge in [-0.3, -0.25) is 0 Å². The van der Waals surface area contributed by atoms with E-state index in [0.717, 1.165) is 31.2 Å². The van der Waals surface area contributed by atoms with Crippen LogP contribution in [0.3, 0.4) is 0 Å². The number of aryl methyl sites for hydroxylation is 1. The molecule has 0 aromatic heterocycles. The minimum Gasteiger partial charge on any atom is -0.508 e. The van der Waals surface area contributed by atoms with E-state index < -0.39 is 0 Å². The van der Waals surface area contributed by atoms with Crippen LogP contribution in [0.1, 0.15) is 76.5 Å². The van der Waals surface area contributed by atoms with Crippen molar-refractivity contribution in [2.45, 2.75) is 77.7 Å². The molecule has 0 spiro atoms. The fourth-order valence-corrected chi connectivity index (χ4v) is 5.20. The summed E-state index contributed by atoms with van der Waals surface area (Å²) in [5, 5.41) is 20.9. The number of hydrogen-bond donors (Lipinski definition) is 2. The molecule has 22 heavy (non-hydrogen) atoms. The van der Waals surface area contributed by atoms with E-state index in [2.05, 4.69) is 40.7 Å². The molecule has 122 valence electrons. The maximum atomic E-state index is 10.5. The highest BCUT2D eigenvalue weighted by Gasteiger charge is 2.53. The number of phenols is 1. The molecule has 2 aliphatic carbocycles. The van der Waals surface area contributed by atoms with Gasteiger partial charge in [-0.15, -0.1) is 0 Å². The molecule has 2 N–H and O–H groups in total. The average Bonchev–Trinajstić information content (AvgIpc) is 2.43. The van der Waals surface area contributed by atoms with Crippen LogP contribution in [-0.2, 0) is 11.8 Å². The van der Waals surface area contributed by atoms with Crippen LogP contribution in [0.4, 0.5) is 0 Å². The molecule has 0 bridgehead atoms. The summed E-state index contributed by atoms with van der Waals surface area (Å²) in [6, 6.07) is 4.26. The minimum atomic E-state index is -0.212. The zero-order valence-electron chi connectivity index (χ0n) is 14.6. The molecule has 3 atom stereocenters. The number of aromatic hydroxyl groups is 1. The van der Waals surface area contributed by atoms with Gasteiger partial charge < -0.3 is 10.2 Å². The minimum absolute atomic E-state index is 0.0585. The largest absolute Gasteiger partial charge is 0.508 e. The van der Waals surface area contributed by atoms with E-state index in [1.54, 1.807) is 0 Å². The van der Waals surface area contributed by atoms with Crippen molar-refractivity contribution in [1.82, 2.24) is 0 Å². The lowest BCUT2D eigenvalue weighted by atomic mass is 9.49. The van der Waals surface area contributed by atoms with Crippen molar-refractivity contribution >= 4 is 0 Å². The van der Waals surface area contributed by atoms with Gasteiger partial charge in [0.2, 0.25) is 0 Å². The van der Waals surface area contributed by atoms with Gasteiger partial charge in [0.1, 0.15) is 5.75 Å². The summed E-state index contributed by atoms with van der Waals surface area (Å²) < 4.78 is 0. The molecule has 0 saturated heterocycles. The van der Waals surface area contributed by atoms with Gasteiger partial charge in [0.25, 0.3) is 0 Å². The molecule has 0 heterocycles. The molecule has 1 fully saturated rings. The van der Waals surface area contributed by atoms with Gasteiger partial charge in [-0.1, -0.05) is 40.7 Å². The molecule has 1 unspecified atom stereocenters. The van der Waals surface area contributed by atoms with Crippen molar-refractivity contribution in [2.24, 2.45) is 11.3 Å². The normalized spacial score (nSPS) is 33.4. The molecule has 0 aliphatic heterocycles. The van der Waals surface area contributed by atoms with E-state index >= 15 is 0 Å². The topological polar surface area (TPSA) is 40.5 Å². The van der Waals surface area contributed by atoms with Crippen LogP contribution in [0.2, 0.25) is 0 Å². The number of hydrogen-bond acceptors (Lipinski definition) is 2. The second-order valence-electron chi connectivity index (χ2n) is 8.61. The number of benzene rings is 1. The summed E-state index contributed by atoms with van der Waals surface area (Å²) in [6.07, 6.45) is 3.85. The molecule has 1 aromatic carbocycles. The van der Waals surface area contributed by atoms with Crippen molar-refractivity contribution in [3.63, 3.8) is 0 Å². The Bertz CT molecular complexity index is 588. The summed E-state index contributed by atoms with van der Waals surface area (Å²) >= 11 is 0. The van der Waals surface area contributed by atoms with Gasteiger partial charge >= 0.3 is 0 Å². The van der Waals surface area contributed by atoms with Crippen LogP contribution in [0.15, 0.2) is 12.1 Å². The Morgan fingerprint density at radius 3 is 2.45 bits per heavy atom. The van der Waals surface area contributed by atoms with Crippen molar-refractivity contribution in [1.29, 1.82) is 0 Å². The summed E-state index contributed by atoms with van der Waals surface area (Å²) in [5.41, 5.74) is 3.81. The lowest BCUT2D eigenvalue weighted by molar-refractivity contribution is -0.0731. The smallest absolute Gasteiger partial charge is 0.119 e. The number of aliphatic hydroxyl groups excluding tert-OH is 1. The van der Waals surface area contributed by atoms with E-state index in [0.29, 0.717) is 17.6 Å². The first-order valence-corrected chi connectivity index (χ1v) is 8.72. The molecule has 1 aromatic rings. The highest BCUT2D eigenvalue weighted by atomic mass is 16.3. The third kappa shape index (κ3) is 2.11. The van der Waals surface area contributed by atoms with Crippen molar-refractivity contribution in [3.8, 4) is 5.75 Å². The highest BCUT2D eigenvalue weighted by Crippen LogP contribution is 2.57. The van der Waals surface area contributed by atoms with Crippen LogP contribution in [0.25, 0.3) is 0 Å². The van der Waals surface area contributed by atoms with E-state index in [9.17, 15) is 10.2 Å². The zero-order valence-corrected chi connectivity index (χ0v) is 14.6. The molecular weight excluding hydrogens is 272 g/mol. The van der Waals surface area contributed by atoms with E-state index in [4.69, 9.17) is 0 Å². The van der Waals surface area contributed by atoms with Gasteiger partial charge in [0.15, 0.2) is 0 Å². The first-order valence-electron chi connectivity index (χ1n) is 8.72. The average molecular weight is 302 g/mol. The maximum absolute atomic E-state index is 10.5. The molecule has 3 rings (SSSR count). The third-order valence-electron chi connectivity index (χ3n) is 6.66. The van der Waals surface area contributed by atoms with E-state index in [-0.39, 0.29) is 16.9 Å². The highest BCUT2D eigenvalue weighted by molar-refractivity contribution is 5.48. The predicted octanol–water partition coefficient (Wildman–Crippen LogP) is 4.52. The van der Waals surface area contributed by atoms with Crippen LogP contribution >= 0.6 is 0 Å². The number of fused-ring (bicyclic) bond motifs is 3. The Morgan fingerprint density at radius 2 is 1.82 bits per heavy atom. The van der Waals surface area contributed by atoms with E-state index in [1.807, 2.05) is 6.07 Å². The number of rotatable bonds is 1. The van der Waals surface area contributed by atoms with Crippen LogP contribution in [0.5, 0.6) is 5.75 Å². The fraction of sp³-hybridized carbons (Fsp3) is 0.700. The molecule has 2 nitrogen and oxygen atoms in total. The predicted molar refractivity (Wildman–Crippen MR) is 90.4 cm³/mol. The Labute approximate surface area is 134 Å². The Morgan fingerprint density at radius 1 is 1.14 bits per heavy atom. The molecule has 1 saturated carbocycles. The summed E-state index contributed by atoms with van der Waals surface area (Å²) in [5.74, 6) is 1.26. The zero-order chi connectivity index (χ0) is 16.3. The van der Waals surface area contributed by atoms with Gasteiger partial charge in [-0.25, -0.2) is 0 Å². The lowest BCUT2D eigenvalue weighted by Gasteiger charge is -2.56. The van der Waals surface area contributed by atoms with Gasteiger partial charge in [0.05, 0.1) is 6.10 Å². The Hall–Kier alpha value is -1.02. The van der Waals surface area contributed by atoms with Gasteiger partial charge in [-0.2, -0.15) is 0 Å². The first kappa shape index (κ1) is 15.9. The SMILES string of the molecule is CC(C)c1cc2c(cc1O)[C@@]1(C)CCC(O)C(C)(C)[C@@H]1CC2. The maximum Gasteiger partial charge on any atom is 0.119 e. The summed E-state index contributed by atoms with van der Waals surface area (Å²) in [7, 11) is 0. The summed E-state index contributed by atoms with van der Waals surface area (Å²) in [4.78, 5) is 0. The Kier molecular flexibility index (Phi) is 3.60. The van der Waals surface area contributed by atoms with Gasteiger partial charge in [-0.05, 0) is 71.1 Å². The Balaban J connectivity index is 2.12. The molecule has 2 aliphatic rings. The van der Waals surface area contributed by atoms with Crippen molar-refractivity contribution in [2.75, 3.05) is 0 Å². The van der Waals surface area contributed by atoms with Crippen molar-refractivity contribution in [3.05, 3.63) is 28.8 Å². The molecule has 0 radical (unpaired) electrons. The van der Waals surface area contributed by atoms with Gasteiger partial charge in [0, 0.05) is 0 Å². The standard InChI is InChI=1S/C20H30O2/c1-12(2)14-10-13-6-7-17-19(3,4)18(22)8-9-20(17,5)15(13)11-16(14)21/h10-12,17-18,21-22H,6-9H2,1-5H3/t17-,18?,20+/m0/s1. The second-order valence-corrected chi connectivity index (χ2v) is 8.61. The second kappa shape index (κ2) is 4.99. The molecule has 0 amide bonds. The van der Waals surface area contributed by atoms with E-state index in [1.165, 1.54) is 11.1 Å². The van der Waals surface area contributed by atoms with Crippen LogP contribution < -0.4 is 0 Å². The molecule has 2 heteroatoms. The molecular formula is C20H30O2. The third-order valence-corrected chi connectivity index (χ3v) is 6.66. The number of phenolic OH excluding ortho intramolecular Hbond substituents is 1. The van der Waals surface area contributed by atoms with Crippen LogP contribution in [0, 0.1) is 11.3 Å². The fourth-order valence-electron chi connectivity index (χ4n) is 5.20. The van der Waals surface area contributed by atoms with Crippen LogP contribution in [-0.4, -0.2) is 16.3 Å².